The van der Waals surface area contributed by atoms with Gasteiger partial charge in [-0.3, -0.25) is 14.9 Å². The van der Waals surface area contributed by atoms with Crippen molar-refractivity contribution in [1.29, 1.82) is 0 Å². The van der Waals surface area contributed by atoms with E-state index in [1.807, 2.05) is 0 Å². The number of fused-ring (bicyclic) bond motifs is 3. The molecule has 8 nitrogen and oxygen atoms in total. The van der Waals surface area contributed by atoms with Gasteiger partial charge in [0.15, 0.2) is 0 Å². The van der Waals surface area contributed by atoms with Crippen molar-refractivity contribution in [3.63, 3.8) is 0 Å². The number of aryl methyl sites for hydroxylation is 2. The highest BCUT2D eigenvalue weighted by atomic mass is 32.1. The molecule has 1 aliphatic rings. The molecule has 0 fully saturated rings. The molecule has 1 aliphatic carbocycles. The van der Waals surface area contributed by atoms with Crippen LogP contribution in [0, 0.1) is 10.1 Å². The van der Waals surface area contributed by atoms with Crippen molar-refractivity contribution in [2.75, 3.05) is 0 Å². The van der Waals surface area contributed by atoms with Crippen LogP contribution in [0.3, 0.4) is 0 Å². The first-order valence-electron chi connectivity index (χ1n) is 8.07. The summed E-state index contributed by atoms with van der Waals surface area (Å²) in [4.78, 5) is 29.1. The third-order valence-electron chi connectivity index (χ3n) is 4.40. The molecule has 9 heteroatoms. The number of hydrogen-bond acceptors (Lipinski definition) is 7. The molecule has 0 atom stereocenters. The van der Waals surface area contributed by atoms with Crippen LogP contribution in [0.5, 0.6) is 5.75 Å². The smallest absolute Gasteiger partial charge is 0.282 e. The molecule has 2 heterocycles. The molecule has 0 amide bonds. The van der Waals surface area contributed by atoms with Crippen LogP contribution in [0.4, 0.5) is 5.69 Å². The highest BCUT2D eigenvalue weighted by molar-refractivity contribution is 7.18. The zero-order valence-corrected chi connectivity index (χ0v) is 14.4. The van der Waals surface area contributed by atoms with Gasteiger partial charge in [0.2, 0.25) is 0 Å². The van der Waals surface area contributed by atoms with Crippen LogP contribution in [0.25, 0.3) is 10.2 Å². The van der Waals surface area contributed by atoms with Crippen molar-refractivity contribution < 1.29 is 10.0 Å². The Kier molecular flexibility index (Phi) is 4.00. The largest absolute Gasteiger partial charge is 0.867 e. The second-order valence-electron chi connectivity index (χ2n) is 5.98. The van der Waals surface area contributed by atoms with Gasteiger partial charge in [0.1, 0.15) is 11.2 Å². The van der Waals surface area contributed by atoms with Gasteiger partial charge in [0, 0.05) is 10.9 Å². The van der Waals surface area contributed by atoms with Gasteiger partial charge in [-0.2, -0.15) is 9.78 Å². The Balaban J connectivity index is 1.78. The van der Waals surface area contributed by atoms with Gasteiger partial charge >= 0.3 is 0 Å². The van der Waals surface area contributed by atoms with Crippen molar-refractivity contribution >= 4 is 33.5 Å². The lowest BCUT2D eigenvalue weighted by molar-refractivity contribution is -0.398. The topological polar surface area (TPSA) is 113 Å². The molecule has 26 heavy (non-hydrogen) atoms. The predicted octanol–water partition coefficient (Wildman–Crippen LogP) is 2.20. The minimum atomic E-state index is -0.740. The van der Waals surface area contributed by atoms with E-state index in [4.69, 9.17) is 0 Å². The Morgan fingerprint density at radius 3 is 2.92 bits per heavy atom. The summed E-state index contributed by atoms with van der Waals surface area (Å²) in [5.74, 6) is -0.740. The number of aromatic nitrogens is 2. The second-order valence-corrected chi connectivity index (χ2v) is 7.07. The van der Waals surface area contributed by atoms with E-state index >= 15 is 0 Å². The zero-order valence-electron chi connectivity index (χ0n) is 13.5. The highest BCUT2D eigenvalue weighted by Gasteiger charge is 2.19. The minimum Gasteiger partial charge on any atom is -0.867 e. The first-order valence-corrected chi connectivity index (χ1v) is 8.88. The van der Waals surface area contributed by atoms with E-state index in [1.54, 1.807) is 11.3 Å². The van der Waals surface area contributed by atoms with E-state index in [-0.39, 0.29) is 11.1 Å². The van der Waals surface area contributed by atoms with Gasteiger partial charge in [-0.15, -0.1) is 11.3 Å². The van der Waals surface area contributed by atoms with Crippen LogP contribution in [-0.4, -0.2) is 20.8 Å². The molecule has 3 aromatic rings. The molecule has 0 saturated carbocycles. The maximum atomic E-state index is 12.8. The number of benzene rings is 1. The Morgan fingerprint density at radius 2 is 2.12 bits per heavy atom. The summed E-state index contributed by atoms with van der Waals surface area (Å²) in [6.45, 7) is 0. The first-order chi connectivity index (χ1) is 12.6. The van der Waals surface area contributed by atoms with Crippen LogP contribution in [0.1, 0.15) is 28.8 Å². The Morgan fingerprint density at radius 1 is 1.31 bits per heavy atom. The Labute approximate surface area is 151 Å². The van der Waals surface area contributed by atoms with Crippen molar-refractivity contribution in [2.24, 2.45) is 5.10 Å². The minimum absolute atomic E-state index is 0.0403. The van der Waals surface area contributed by atoms with Gasteiger partial charge < -0.3 is 5.11 Å². The molecule has 4 rings (SSSR count). The maximum Gasteiger partial charge on any atom is 0.282 e. The molecule has 0 aliphatic heterocycles. The van der Waals surface area contributed by atoms with Gasteiger partial charge in [-0.05, 0) is 42.6 Å². The van der Waals surface area contributed by atoms with E-state index in [2.05, 4.69) is 10.1 Å². The molecule has 2 aromatic heterocycles. The summed E-state index contributed by atoms with van der Waals surface area (Å²) in [6.07, 6.45) is 6.45. The molecular formula is C17H13N4O4S-. The molecule has 0 N–H and O–H groups in total. The third-order valence-corrected chi connectivity index (χ3v) is 5.60. The maximum absolute atomic E-state index is 12.8. The number of thiophene rings is 1. The quantitative estimate of drug-likeness (QED) is 0.399. The van der Waals surface area contributed by atoms with E-state index < -0.39 is 16.4 Å². The van der Waals surface area contributed by atoms with Gasteiger partial charge in [-0.25, -0.2) is 4.98 Å². The van der Waals surface area contributed by atoms with Crippen LogP contribution < -0.4 is 10.7 Å². The van der Waals surface area contributed by atoms with E-state index in [0.29, 0.717) is 10.2 Å². The summed E-state index contributed by atoms with van der Waals surface area (Å²) in [5, 5.41) is 27.5. The molecule has 0 unspecified atom stereocenters. The van der Waals surface area contributed by atoms with Crippen LogP contribution in [0.2, 0.25) is 0 Å². The first kappa shape index (κ1) is 16.4. The average molecular weight is 369 g/mol. The fraction of sp³-hybridized carbons (Fsp3) is 0.235. The Bertz CT molecular complexity index is 1120. The molecule has 0 spiro atoms. The lowest BCUT2D eigenvalue weighted by Crippen LogP contribution is -2.18. The number of hydrogen-bond donors (Lipinski definition) is 0. The number of nitro benzene ring substituents is 1. The standard InChI is InChI=1S/C17H14N4O4S/c22-15-10(4-3-6-12(15)21(24)25)8-19-20-9-18-16-14(17(20)23)11-5-1-2-7-13(11)26-16/h3-4,6,8-9,22H,1-2,5,7H2/p-1/b19-8-. The summed E-state index contributed by atoms with van der Waals surface area (Å²) in [6, 6.07) is 3.96. The van der Waals surface area contributed by atoms with Crippen molar-refractivity contribution in [3.8, 4) is 5.75 Å². The SMILES string of the molecule is O=c1c2c3c(sc2ncn1/N=C\c1cccc([N+](=O)[O-])c1[O-])CCCC3. The summed E-state index contributed by atoms with van der Waals surface area (Å²) in [5.41, 5.74) is 0.280. The monoisotopic (exact) mass is 369 g/mol. The van der Waals surface area contributed by atoms with Gasteiger partial charge in [0.05, 0.1) is 16.5 Å². The fourth-order valence-corrected chi connectivity index (χ4v) is 4.35. The third kappa shape index (κ3) is 2.66. The van der Waals surface area contributed by atoms with Crippen molar-refractivity contribution in [1.82, 2.24) is 9.66 Å². The number of para-hydroxylation sites is 1. The van der Waals surface area contributed by atoms with Crippen molar-refractivity contribution in [2.45, 2.75) is 25.7 Å². The van der Waals surface area contributed by atoms with E-state index in [1.165, 1.54) is 23.3 Å². The van der Waals surface area contributed by atoms with E-state index in [9.17, 15) is 20.0 Å². The second kappa shape index (κ2) is 6.34. The summed E-state index contributed by atoms with van der Waals surface area (Å²) >= 11 is 1.54. The lowest BCUT2D eigenvalue weighted by Gasteiger charge is -2.10. The molecule has 0 saturated heterocycles. The van der Waals surface area contributed by atoms with E-state index in [0.717, 1.165) is 48.2 Å². The number of nitrogens with zero attached hydrogens (tertiary/aromatic N) is 4. The van der Waals surface area contributed by atoms with Crippen molar-refractivity contribution in [3.05, 3.63) is 61.0 Å². The zero-order chi connectivity index (χ0) is 18.3. The van der Waals surface area contributed by atoms with Crippen LogP contribution in [0.15, 0.2) is 34.4 Å². The van der Waals surface area contributed by atoms with Crippen LogP contribution in [-0.2, 0) is 12.8 Å². The fourth-order valence-electron chi connectivity index (χ4n) is 3.13. The lowest BCUT2D eigenvalue weighted by atomic mass is 9.97. The molecular weight excluding hydrogens is 356 g/mol. The van der Waals surface area contributed by atoms with Gasteiger partial charge in [0.25, 0.3) is 11.2 Å². The molecule has 1 aromatic carbocycles. The Hall–Kier alpha value is -3.07. The molecule has 132 valence electrons. The normalized spacial score (nSPS) is 14.0. The average Bonchev–Trinajstić information content (AvgIpc) is 3.01. The number of nitro groups is 1. The number of rotatable bonds is 3. The highest BCUT2D eigenvalue weighted by Crippen LogP contribution is 2.33. The summed E-state index contributed by atoms with van der Waals surface area (Å²) in [7, 11) is 0. The van der Waals surface area contributed by atoms with Crippen LogP contribution >= 0.6 is 11.3 Å². The van der Waals surface area contributed by atoms with Gasteiger partial charge in [-0.1, -0.05) is 12.1 Å². The molecule has 0 radical (unpaired) electrons. The predicted molar refractivity (Wildman–Crippen MR) is 96.1 cm³/mol. The molecule has 0 bridgehead atoms. The summed E-state index contributed by atoms with van der Waals surface area (Å²) < 4.78 is 1.07.